The number of nitro groups is 1. The summed E-state index contributed by atoms with van der Waals surface area (Å²) in [5.41, 5.74) is 1.14. The van der Waals surface area contributed by atoms with E-state index in [4.69, 9.17) is 0 Å². The summed E-state index contributed by atoms with van der Waals surface area (Å²) >= 11 is 0. The first-order chi connectivity index (χ1) is 9.36. The number of nitro benzene ring substituents is 1. The molecule has 1 aromatic carbocycles. The van der Waals surface area contributed by atoms with Crippen LogP contribution in [-0.4, -0.2) is 4.92 Å². The van der Waals surface area contributed by atoms with Crippen molar-refractivity contribution in [1.29, 1.82) is 5.26 Å². The second-order valence-corrected chi connectivity index (χ2v) is 6.66. The molecule has 0 heterocycles. The van der Waals surface area contributed by atoms with Gasteiger partial charge in [0.25, 0.3) is 5.69 Å². The van der Waals surface area contributed by atoms with Crippen LogP contribution in [-0.2, 0) is 6.42 Å². The van der Waals surface area contributed by atoms with Crippen LogP contribution in [0.25, 0.3) is 0 Å². The van der Waals surface area contributed by atoms with Gasteiger partial charge in [-0.05, 0) is 43.1 Å². The van der Waals surface area contributed by atoms with Gasteiger partial charge in [0, 0.05) is 12.1 Å². The zero-order chi connectivity index (χ0) is 14.8. The molecule has 1 aliphatic rings. The van der Waals surface area contributed by atoms with Crippen LogP contribution in [0.4, 0.5) is 5.69 Å². The zero-order valence-corrected chi connectivity index (χ0v) is 12.1. The van der Waals surface area contributed by atoms with Crippen molar-refractivity contribution < 1.29 is 4.92 Å². The largest absolute Gasteiger partial charge is 0.269 e. The number of nitrogens with zero attached hydrogens (tertiary/aromatic N) is 2. The van der Waals surface area contributed by atoms with Crippen LogP contribution in [0.1, 0.15) is 45.1 Å². The van der Waals surface area contributed by atoms with E-state index in [1.54, 1.807) is 12.1 Å². The maximum Gasteiger partial charge on any atom is 0.269 e. The van der Waals surface area contributed by atoms with E-state index in [1.807, 2.05) is 0 Å². The molecule has 0 aliphatic heterocycles. The van der Waals surface area contributed by atoms with Crippen molar-refractivity contribution in [2.45, 2.75) is 46.0 Å². The van der Waals surface area contributed by atoms with Gasteiger partial charge in [0.05, 0.1) is 16.4 Å². The first-order valence-corrected chi connectivity index (χ1v) is 7.01. The van der Waals surface area contributed by atoms with Gasteiger partial charge in [-0.3, -0.25) is 10.1 Å². The predicted molar refractivity (Wildman–Crippen MR) is 77.1 cm³/mol. The molecule has 0 N–H and O–H groups in total. The first kappa shape index (κ1) is 14.5. The molecule has 0 saturated heterocycles. The summed E-state index contributed by atoms with van der Waals surface area (Å²) < 4.78 is 0. The van der Waals surface area contributed by atoms with E-state index in [2.05, 4.69) is 19.9 Å². The molecule has 1 fully saturated rings. The second kappa shape index (κ2) is 5.24. The van der Waals surface area contributed by atoms with Crippen molar-refractivity contribution >= 4 is 5.69 Å². The summed E-state index contributed by atoms with van der Waals surface area (Å²) in [6, 6.07) is 9.10. The Balaban J connectivity index is 2.11. The number of benzene rings is 1. The van der Waals surface area contributed by atoms with Gasteiger partial charge in [-0.25, -0.2) is 0 Å². The molecular formula is C16H20N2O2. The Morgan fingerprint density at radius 1 is 1.20 bits per heavy atom. The SMILES string of the molecule is CC1(C)CCC(C#N)(Cc2ccc([N+](=O)[O-])cc2)CC1. The van der Waals surface area contributed by atoms with Gasteiger partial charge >= 0.3 is 0 Å². The minimum absolute atomic E-state index is 0.101. The molecule has 0 amide bonds. The minimum Gasteiger partial charge on any atom is -0.258 e. The standard InChI is InChI=1S/C16H20N2O2/c1-15(2)7-9-16(12-17,10-8-15)11-13-3-5-14(6-4-13)18(19)20/h3-6H,7-11H2,1-2H3. The third kappa shape index (κ3) is 3.16. The highest BCUT2D eigenvalue weighted by Gasteiger charge is 2.38. The molecule has 0 aromatic heterocycles. The van der Waals surface area contributed by atoms with Crippen molar-refractivity contribution in [3.63, 3.8) is 0 Å². The van der Waals surface area contributed by atoms with E-state index in [0.29, 0.717) is 11.8 Å². The quantitative estimate of drug-likeness (QED) is 0.610. The van der Waals surface area contributed by atoms with Gasteiger partial charge in [-0.2, -0.15) is 5.26 Å². The topological polar surface area (TPSA) is 66.9 Å². The lowest BCUT2D eigenvalue weighted by Gasteiger charge is -2.39. The van der Waals surface area contributed by atoms with Gasteiger partial charge in [-0.1, -0.05) is 26.0 Å². The Labute approximate surface area is 119 Å². The zero-order valence-electron chi connectivity index (χ0n) is 12.1. The van der Waals surface area contributed by atoms with E-state index in [-0.39, 0.29) is 11.1 Å². The Morgan fingerprint density at radius 2 is 1.75 bits per heavy atom. The van der Waals surface area contributed by atoms with E-state index in [1.165, 1.54) is 12.1 Å². The molecule has 0 atom stereocenters. The van der Waals surface area contributed by atoms with Crippen LogP contribution < -0.4 is 0 Å². The van der Waals surface area contributed by atoms with Crippen molar-refractivity contribution in [2.75, 3.05) is 0 Å². The van der Waals surface area contributed by atoms with E-state index in [0.717, 1.165) is 31.2 Å². The molecule has 0 bridgehead atoms. The average molecular weight is 272 g/mol. The molecule has 1 saturated carbocycles. The highest BCUT2D eigenvalue weighted by Crippen LogP contribution is 2.46. The molecule has 20 heavy (non-hydrogen) atoms. The number of rotatable bonds is 3. The monoisotopic (exact) mass is 272 g/mol. The average Bonchev–Trinajstić information content (AvgIpc) is 2.42. The summed E-state index contributed by atoms with van der Waals surface area (Å²) in [4.78, 5) is 10.3. The third-order valence-corrected chi connectivity index (χ3v) is 4.49. The fraction of sp³-hybridized carbons (Fsp3) is 0.562. The van der Waals surface area contributed by atoms with Gasteiger partial charge in [0.2, 0.25) is 0 Å². The summed E-state index contributed by atoms with van der Waals surface area (Å²) in [5.74, 6) is 0. The molecule has 4 heteroatoms. The lowest BCUT2D eigenvalue weighted by Crippen LogP contribution is -2.31. The van der Waals surface area contributed by atoms with Crippen LogP contribution in [0.5, 0.6) is 0 Å². The van der Waals surface area contributed by atoms with Gasteiger partial charge in [0.15, 0.2) is 0 Å². The molecular weight excluding hydrogens is 252 g/mol. The summed E-state index contributed by atoms with van der Waals surface area (Å²) in [5, 5.41) is 20.2. The van der Waals surface area contributed by atoms with Gasteiger partial charge < -0.3 is 0 Å². The number of hydrogen-bond donors (Lipinski definition) is 0. The van der Waals surface area contributed by atoms with Gasteiger partial charge in [-0.15, -0.1) is 0 Å². The Hall–Kier alpha value is -1.89. The molecule has 0 radical (unpaired) electrons. The smallest absolute Gasteiger partial charge is 0.258 e. The highest BCUT2D eigenvalue weighted by atomic mass is 16.6. The van der Waals surface area contributed by atoms with E-state index < -0.39 is 4.92 Å². The molecule has 2 rings (SSSR count). The van der Waals surface area contributed by atoms with Crippen LogP contribution in [0.2, 0.25) is 0 Å². The van der Waals surface area contributed by atoms with Gasteiger partial charge in [0.1, 0.15) is 0 Å². The summed E-state index contributed by atoms with van der Waals surface area (Å²) in [6.07, 6.45) is 4.64. The Bertz CT molecular complexity index is 531. The molecule has 4 nitrogen and oxygen atoms in total. The van der Waals surface area contributed by atoms with Crippen LogP contribution >= 0.6 is 0 Å². The third-order valence-electron chi connectivity index (χ3n) is 4.49. The summed E-state index contributed by atoms with van der Waals surface area (Å²) in [6.45, 7) is 4.50. The molecule has 0 spiro atoms. The fourth-order valence-corrected chi connectivity index (χ4v) is 2.86. The molecule has 0 unspecified atom stereocenters. The molecule has 1 aliphatic carbocycles. The number of non-ortho nitro benzene ring substituents is 1. The normalized spacial score (nSPS) is 20.1. The lowest BCUT2D eigenvalue weighted by molar-refractivity contribution is -0.384. The van der Waals surface area contributed by atoms with E-state index in [9.17, 15) is 15.4 Å². The summed E-state index contributed by atoms with van der Waals surface area (Å²) in [7, 11) is 0. The van der Waals surface area contributed by atoms with Crippen LogP contribution in [0.15, 0.2) is 24.3 Å². The first-order valence-electron chi connectivity index (χ1n) is 7.01. The van der Waals surface area contributed by atoms with Crippen molar-refractivity contribution in [3.8, 4) is 6.07 Å². The fourth-order valence-electron chi connectivity index (χ4n) is 2.86. The lowest BCUT2D eigenvalue weighted by atomic mass is 9.64. The molecule has 106 valence electrons. The van der Waals surface area contributed by atoms with Crippen LogP contribution in [0.3, 0.4) is 0 Å². The Kier molecular flexibility index (Phi) is 3.80. The van der Waals surface area contributed by atoms with Crippen molar-refractivity contribution in [2.24, 2.45) is 10.8 Å². The minimum atomic E-state index is -0.396. The van der Waals surface area contributed by atoms with Crippen LogP contribution in [0, 0.1) is 32.3 Å². The maximum atomic E-state index is 10.6. The maximum absolute atomic E-state index is 10.6. The van der Waals surface area contributed by atoms with E-state index >= 15 is 0 Å². The predicted octanol–water partition coefficient (Wildman–Crippen LogP) is 4.25. The number of nitriles is 1. The van der Waals surface area contributed by atoms with Crippen molar-refractivity contribution in [1.82, 2.24) is 0 Å². The Morgan fingerprint density at radius 3 is 2.20 bits per heavy atom. The number of hydrogen-bond acceptors (Lipinski definition) is 3. The molecule has 1 aromatic rings. The highest BCUT2D eigenvalue weighted by molar-refractivity contribution is 5.34. The van der Waals surface area contributed by atoms with Crippen molar-refractivity contribution in [3.05, 3.63) is 39.9 Å². The second-order valence-electron chi connectivity index (χ2n) is 6.66.